The van der Waals surface area contributed by atoms with E-state index in [4.69, 9.17) is 27.6 Å². The van der Waals surface area contributed by atoms with Gasteiger partial charge in [-0.05, 0) is 0 Å². The SMILES string of the molecule is C=C(C#N)C(=O)O.Nc1nc(N)nc(N)n1. The molecule has 0 unspecified atom stereocenters. The van der Waals surface area contributed by atoms with Gasteiger partial charge in [-0.2, -0.15) is 20.2 Å². The Labute approximate surface area is 90.2 Å². The first-order valence-corrected chi connectivity index (χ1v) is 3.71. The van der Waals surface area contributed by atoms with E-state index in [2.05, 4.69) is 21.5 Å². The second kappa shape index (κ2) is 5.76. The molecule has 0 amide bonds. The maximum absolute atomic E-state index is 9.61. The number of hydrogen-bond acceptors (Lipinski definition) is 8. The molecular weight excluding hydrogens is 214 g/mol. The second-order valence-corrected chi connectivity index (χ2v) is 2.31. The number of nitrogens with two attached hydrogens (primary N) is 3. The molecule has 0 spiro atoms. The van der Waals surface area contributed by atoms with Gasteiger partial charge in [0.2, 0.25) is 17.8 Å². The number of nitrogens with zero attached hydrogens (tertiary/aromatic N) is 4. The lowest BCUT2D eigenvalue weighted by Crippen LogP contribution is -2.05. The van der Waals surface area contributed by atoms with Crippen molar-refractivity contribution in [3.05, 3.63) is 12.2 Å². The van der Waals surface area contributed by atoms with Gasteiger partial charge >= 0.3 is 5.97 Å². The average molecular weight is 223 g/mol. The molecule has 16 heavy (non-hydrogen) atoms. The maximum Gasteiger partial charge on any atom is 0.345 e. The second-order valence-electron chi connectivity index (χ2n) is 2.31. The summed E-state index contributed by atoms with van der Waals surface area (Å²) in [5, 5.41) is 15.6. The molecule has 1 rings (SSSR count). The molecule has 0 aliphatic heterocycles. The van der Waals surface area contributed by atoms with E-state index in [1.165, 1.54) is 6.07 Å². The first-order valence-electron chi connectivity index (χ1n) is 3.71. The van der Waals surface area contributed by atoms with Gasteiger partial charge in [0.1, 0.15) is 11.6 Å². The fraction of sp³-hybridized carbons (Fsp3) is 0. The van der Waals surface area contributed by atoms with Gasteiger partial charge in [-0.15, -0.1) is 0 Å². The molecule has 84 valence electrons. The third-order valence-electron chi connectivity index (χ3n) is 1.08. The molecule has 0 aromatic carbocycles. The lowest BCUT2D eigenvalue weighted by molar-refractivity contribution is -0.132. The summed E-state index contributed by atoms with van der Waals surface area (Å²) in [6, 6.07) is 1.37. The van der Waals surface area contributed by atoms with Crippen molar-refractivity contribution < 1.29 is 9.90 Å². The molecule has 0 aliphatic rings. The molecule has 0 radical (unpaired) electrons. The molecule has 0 atom stereocenters. The van der Waals surface area contributed by atoms with E-state index < -0.39 is 11.5 Å². The van der Waals surface area contributed by atoms with Crippen molar-refractivity contribution in [2.75, 3.05) is 17.2 Å². The van der Waals surface area contributed by atoms with Gasteiger partial charge in [0.05, 0.1) is 0 Å². The zero-order chi connectivity index (χ0) is 12.7. The van der Waals surface area contributed by atoms with Crippen LogP contribution in [0.15, 0.2) is 12.2 Å². The number of aliphatic carboxylic acids is 1. The Bertz CT molecular complexity index is 400. The summed E-state index contributed by atoms with van der Waals surface area (Å²) in [7, 11) is 0. The van der Waals surface area contributed by atoms with Crippen molar-refractivity contribution in [2.24, 2.45) is 0 Å². The average Bonchev–Trinajstić information content (AvgIpc) is 2.15. The Morgan fingerprint density at radius 3 is 1.62 bits per heavy atom. The van der Waals surface area contributed by atoms with Crippen molar-refractivity contribution in [1.82, 2.24) is 15.0 Å². The topological polar surface area (TPSA) is 178 Å². The van der Waals surface area contributed by atoms with Crippen LogP contribution in [0.5, 0.6) is 0 Å². The molecule has 1 aromatic heterocycles. The Hall–Kier alpha value is -2.89. The minimum absolute atomic E-state index is 0.0417. The minimum atomic E-state index is -1.26. The van der Waals surface area contributed by atoms with E-state index in [9.17, 15) is 4.79 Å². The van der Waals surface area contributed by atoms with Crippen LogP contribution in [0.2, 0.25) is 0 Å². The Morgan fingerprint density at radius 2 is 1.50 bits per heavy atom. The summed E-state index contributed by atoms with van der Waals surface area (Å²) in [6.07, 6.45) is 0. The summed E-state index contributed by atoms with van der Waals surface area (Å²) in [5.41, 5.74) is 15.0. The number of aromatic nitrogens is 3. The van der Waals surface area contributed by atoms with E-state index >= 15 is 0 Å². The van der Waals surface area contributed by atoms with E-state index in [0.717, 1.165) is 0 Å². The van der Waals surface area contributed by atoms with Crippen molar-refractivity contribution >= 4 is 23.8 Å². The Kier molecular flexibility index (Phi) is 4.72. The monoisotopic (exact) mass is 223 g/mol. The smallest absolute Gasteiger partial charge is 0.345 e. The molecule has 7 N–H and O–H groups in total. The fourth-order valence-electron chi connectivity index (χ4n) is 0.475. The maximum atomic E-state index is 9.61. The Balaban J connectivity index is 0.000000293. The number of carbonyl (C=O) groups is 1. The summed E-state index contributed by atoms with van der Waals surface area (Å²) < 4.78 is 0. The molecule has 1 heterocycles. The number of hydrogen-bond donors (Lipinski definition) is 4. The fourth-order valence-corrected chi connectivity index (χ4v) is 0.475. The molecule has 1 aromatic rings. The highest BCUT2D eigenvalue weighted by Crippen LogP contribution is 1.97. The van der Waals surface area contributed by atoms with Crippen molar-refractivity contribution in [3.8, 4) is 6.07 Å². The first-order chi connectivity index (χ1) is 7.36. The van der Waals surface area contributed by atoms with Crippen LogP contribution in [0, 0.1) is 11.3 Å². The number of anilines is 3. The minimum Gasteiger partial charge on any atom is -0.477 e. The van der Waals surface area contributed by atoms with Crippen LogP contribution in [-0.2, 0) is 4.79 Å². The molecule has 9 heteroatoms. The van der Waals surface area contributed by atoms with Gasteiger partial charge in [0.25, 0.3) is 0 Å². The van der Waals surface area contributed by atoms with Gasteiger partial charge in [0.15, 0.2) is 0 Å². The van der Waals surface area contributed by atoms with Gasteiger partial charge in [-0.1, -0.05) is 6.58 Å². The number of carboxylic acids is 1. The highest BCUT2D eigenvalue weighted by molar-refractivity contribution is 5.90. The van der Waals surface area contributed by atoms with E-state index in [0.29, 0.717) is 0 Å². The third-order valence-corrected chi connectivity index (χ3v) is 1.08. The number of carboxylic acid groups (broad SMARTS) is 1. The highest BCUT2D eigenvalue weighted by atomic mass is 16.4. The zero-order valence-electron chi connectivity index (χ0n) is 8.08. The molecule has 0 saturated heterocycles. The third kappa shape index (κ3) is 4.97. The van der Waals surface area contributed by atoms with Gasteiger partial charge < -0.3 is 22.3 Å². The van der Waals surface area contributed by atoms with E-state index in [-0.39, 0.29) is 17.8 Å². The van der Waals surface area contributed by atoms with Crippen LogP contribution in [0.25, 0.3) is 0 Å². The van der Waals surface area contributed by atoms with Crippen LogP contribution in [0.1, 0.15) is 0 Å². The summed E-state index contributed by atoms with van der Waals surface area (Å²) >= 11 is 0. The number of nitriles is 1. The predicted molar refractivity (Wildman–Crippen MR) is 55.5 cm³/mol. The predicted octanol–water partition coefficient (Wildman–Crippen LogP) is -1.23. The highest BCUT2D eigenvalue weighted by Gasteiger charge is 1.97. The van der Waals surface area contributed by atoms with Crippen molar-refractivity contribution in [1.29, 1.82) is 5.26 Å². The van der Waals surface area contributed by atoms with E-state index in [1.807, 2.05) is 0 Å². The number of nitrogen functional groups attached to an aromatic ring is 3. The molecule has 0 bridgehead atoms. The van der Waals surface area contributed by atoms with Crippen LogP contribution in [0.4, 0.5) is 17.8 Å². The van der Waals surface area contributed by atoms with Crippen molar-refractivity contribution in [2.45, 2.75) is 0 Å². The zero-order valence-corrected chi connectivity index (χ0v) is 8.08. The summed E-state index contributed by atoms with van der Waals surface area (Å²) in [5.74, 6) is -1.14. The van der Waals surface area contributed by atoms with Gasteiger partial charge in [-0.25, -0.2) is 4.79 Å². The van der Waals surface area contributed by atoms with Gasteiger partial charge in [-0.3, -0.25) is 0 Å². The molecular formula is C7H9N7O2. The normalized spacial score (nSPS) is 8.19. The molecule has 0 fully saturated rings. The van der Waals surface area contributed by atoms with Crippen LogP contribution < -0.4 is 17.2 Å². The van der Waals surface area contributed by atoms with Crippen LogP contribution >= 0.6 is 0 Å². The van der Waals surface area contributed by atoms with E-state index in [1.54, 1.807) is 0 Å². The quantitative estimate of drug-likeness (QED) is 0.335. The molecule has 0 saturated carbocycles. The summed E-state index contributed by atoms with van der Waals surface area (Å²) in [6.45, 7) is 2.91. The number of rotatable bonds is 1. The van der Waals surface area contributed by atoms with Crippen molar-refractivity contribution in [3.63, 3.8) is 0 Å². The summed E-state index contributed by atoms with van der Waals surface area (Å²) in [4.78, 5) is 20.1. The first kappa shape index (κ1) is 13.1. The molecule has 0 aliphatic carbocycles. The largest absolute Gasteiger partial charge is 0.477 e. The van der Waals surface area contributed by atoms with Gasteiger partial charge in [0, 0.05) is 0 Å². The standard InChI is InChI=1S/C4H3NO2.C3H6N6/c1-3(2-5)4(6)7;4-1-7-2(5)9-3(6)8-1/h1H2,(H,6,7);(H6,4,5,6,7,8,9). The van der Waals surface area contributed by atoms with Crippen LogP contribution in [0.3, 0.4) is 0 Å². The lowest BCUT2D eigenvalue weighted by atomic mass is 10.4. The Morgan fingerprint density at radius 1 is 1.19 bits per heavy atom. The van der Waals surface area contributed by atoms with Crippen LogP contribution in [-0.4, -0.2) is 26.0 Å². The molecule has 9 nitrogen and oxygen atoms in total. The lowest BCUT2D eigenvalue weighted by Gasteiger charge is -1.93.